The maximum absolute atomic E-state index is 13.1. The number of ether oxygens (including phenoxy) is 1. The fourth-order valence-corrected chi connectivity index (χ4v) is 4.66. The lowest BCUT2D eigenvalue weighted by atomic mass is 9.73. The average molecular weight is 490 g/mol. The van der Waals surface area contributed by atoms with Gasteiger partial charge in [-0.2, -0.15) is 0 Å². The first-order valence-electron chi connectivity index (χ1n) is 11.9. The Hall–Kier alpha value is -2.09. The number of hydrogen-bond acceptors (Lipinski definition) is 7. The van der Waals surface area contributed by atoms with Crippen LogP contribution in [0.2, 0.25) is 0 Å². The molecule has 1 aliphatic heterocycles. The first-order chi connectivity index (χ1) is 15.8. The summed E-state index contributed by atoms with van der Waals surface area (Å²) in [5.74, 6) is -1.65. The van der Waals surface area contributed by atoms with E-state index in [1.807, 2.05) is 57.4 Å². The van der Waals surface area contributed by atoms with Crippen molar-refractivity contribution in [2.24, 2.45) is 17.3 Å². The predicted molar refractivity (Wildman–Crippen MR) is 136 cm³/mol. The molecule has 34 heavy (non-hydrogen) atoms. The Morgan fingerprint density at radius 3 is 2.50 bits per heavy atom. The molecule has 0 saturated carbocycles. The van der Waals surface area contributed by atoms with Gasteiger partial charge >= 0.3 is 5.97 Å². The number of aliphatic hydroxyl groups is 2. The Morgan fingerprint density at radius 2 is 1.88 bits per heavy atom. The highest BCUT2D eigenvalue weighted by molar-refractivity contribution is 7.09. The Balaban J connectivity index is 2.38. The zero-order chi connectivity index (χ0) is 25.6. The fraction of sp³-hybridized carbons (Fsp3) is 0.593. The molecule has 2 rings (SSSR count). The first-order valence-corrected chi connectivity index (χ1v) is 12.7. The summed E-state index contributed by atoms with van der Waals surface area (Å²) in [6, 6.07) is 0. The van der Waals surface area contributed by atoms with Gasteiger partial charge in [0.2, 0.25) is 0 Å². The van der Waals surface area contributed by atoms with Crippen molar-refractivity contribution in [1.82, 2.24) is 4.98 Å². The Labute approximate surface area is 207 Å². The average Bonchev–Trinajstić information content (AvgIpc) is 3.18. The van der Waals surface area contributed by atoms with Crippen molar-refractivity contribution in [3.63, 3.8) is 0 Å². The van der Waals surface area contributed by atoms with Crippen LogP contribution in [0, 0.1) is 24.2 Å². The third kappa shape index (κ3) is 7.45. The second-order valence-electron chi connectivity index (χ2n) is 10.0. The van der Waals surface area contributed by atoms with Gasteiger partial charge in [-0.05, 0) is 44.8 Å². The maximum Gasteiger partial charge on any atom is 0.309 e. The Bertz CT molecular complexity index is 958. The second-order valence-corrected chi connectivity index (χ2v) is 11.1. The van der Waals surface area contributed by atoms with E-state index in [4.69, 9.17) is 4.74 Å². The summed E-state index contributed by atoms with van der Waals surface area (Å²) < 4.78 is 5.78. The lowest BCUT2D eigenvalue weighted by Crippen LogP contribution is -2.45. The SMILES string of the molecule is CC1=C/C[C@@H](/C(C)=C/c2csc(C)n2)OC(=O)C[C@H](O)C(C)(C)C(=O)[C@H](C)[C@@H](O)[C@@H](C)C\C=C\1. The van der Waals surface area contributed by atoms with Crippen molar-refractivity contribution in [3.8, 4) is 0 Å². The molecule has 1 aromatic rings. The molecule has 5 atom stereocenters. The van der Waals surface area contributed by atoms with Gasteiger partial charge in [0.25, 0.3) is 0 Å². The minimum absolute atomic E-state index is 0.131. The van der Waals surface area contributed by atoms with E-state index < -0.39 is 35.6 Å². The zero-order valence-electron chi connectivity index (χ0n) is 21.4. The molecule has 1 aliphatic rings. The minimum Gasteiger partial charge on any atom is -0.457 e. The monoisotopic (exact) mass is 489 g/mol. The number of ketones is 1. The van der Waals surface area contributed by atoms with E-state index in [1.54, 1.807) is 32.1 Å². The summed E-state index contributed by atoms with van der Waals surface area (Å²) >= 11 is 1.55. The predicted octanol–water partition coefficient (Wildman–Crippen LogP) is 5.04. The Kier molecular flexibility index (Phi) is 9.97. The molecule has 0 saturated heterocycles. The first kappa shape index (κ1) is 28.1. The van der Waals surface area contributed by atoms with Crippen LogP contribution in [0.3, 0.4) is 0 Å². The molecule has 0 fully saturated rings. The van der Waals surface area contributed by atoms with Crippen LogP contribution in [-0.2, 0) is 14.3 Å². The molecule has 0 aromatic carbocycles. The Morgan fingerprint density at radius 1 is 1.21 bits per heavy atom. The number of aromatic nitrogens is 1. The van der Waals surface area contributed by atoms with E-state index >= 15 is 0 Å². The standard InChI is InChI=1S/C27H39NO5S/c1-16-9-8-10-17(2)25(31)19(4)26(32)27(6,7)23(29)14-24(30)33-22(12-11-16)18(3)13-21-15-34-20(5)28-21/h8-9,11,13,15,17,19,22-23,25,29,31H,10,12,14H2,1-7H3/b9-8+,16-11-,18-13+/t17-,19+,22-,23-,25-/m0/s1. The van der Waals surface area contributed by atoms with Gasteiger partial charge in [-0.1, -0.05) is 51.5 Å². The van der Waals surface area contributed by atoms with E-state index in [1.165, 1.54) is 0 Å². The lowest BCUT2D eigenvalue weighted by molar-refractivity contribution is -0.154. The maximum atomic E-state index is 13.1. The van der Waals surface area contributed by atoms with Crippen LogP contribution in [0.4, 0.5) is 0 Å². The third-order valence-corrected chi connectivity index (χ3v) is 7.47. The van der Waals surface area contributed by atoms with E-state index in [-0.39, 0.29) is 18.1 Å². The van der Waals surface area contributed by atoms with Crippen LogP contribution >= 0.6 is 11.3 Å². The number of rotatable bonds is 2. The highest BCUT2D eigenvalue weighted by Crippen LogP contribution is 2.32. The molecule has 2 heterocycles. The number of carbonyl (C=O) groups excluding carboxylic acids is 2. The topological polar surface area (TPSA) is 96.7 Å². The van der Waals surface area contributed by atoms with E-state index in [9.17, 15) is 19.8 Å². The summed E-state index contributed by atoms with van der Waals surface area (Å²) in [5.41, 5.74) is 1.47. The van der Waals surface area contributed by atoms with E-state index in [0.717, 1.165) is 21.8 Å². The molecule has 6 nitrogen and oxygen atoms in total. The molecule has 0 unspecified atom stereocenters. The number of carbonyl (C=O) groups is 2. The number of allylic oxidation sites excluding steroid dienone is 3. The number of aliphatic hydroxyl groups excluding tert-OH is 2. The molecule has 188 valence electrons. The third-order valence-electron chi connectivity index (χ3n) is 6.67. The second kappa shape index (κ2) is 12.0. The smallest absolute Gasteiger partial charge is 0.309 e. The molecule has 0 aliphatic carbocycles. The summed E-state index contributed by atoms with van der Waals surface area (Å²) in [4.78, 5) is 30.4. The number of Topliss-reactive ketones (excluding diaryl/α,β-unsaturated/α-hetero) is 1. The van der Waals surface area contributed by atoms with Crippen molar-refractivity contribution in [1.29, 1.82) is 0 Å². The van der Waals surface area contributed by atoms with Gasteiger partial charge in [0, 0.05) is 17.7 Å². The van der Waals surface area contributed by atoms with Crippen LogP contribution in [0.25, 0.3) is 6.08 Å². The van der Waals surface area contributed by atoms with E-state index in [2.05, 4.69) is 4.98 Å². The summed E-state index contributed by atoms with van der Waals surface area (Å²) in [6.07, 6.45) is 6.09. The largest absolute Gasteiger partial charge is 0.457 e. The summed E-state index contributed by atoms with van der Waals surface area (Å²) in [5, 5.41) is 24.5. The highest BCUT2D eigenvalue weighted by Gasteiger charge is 2.42. The van der Waals surface area contributed by atoms with Crippen LogP contribution in [0.5, 0.6) is 0 Å². The minimum atomic E-state index is -1.23. The normalized spacial score (nSPS) is 32.6. The molecule has 0 amide bonds. The van der Waals surface area contributed by atoms with Crippen molar-refractivity contribution in [3.05, 3.63) is 45.5 Å². The molecular formula is C27H39NO5S. The number of nitrogens with zero attached hydrogens (tertiary/aromatic N) is 1. The number of esters is 1. The van der Waals surface area contributed by atoms with Gasteiger partial charge in [-0.25, -0.2) is 4.98 Å². The molecule has 2 N–H and O–H groups in total. The van der Waals surface area contributed by atoms with Crippen molar-refractivity contribution >= 4 is 29.2 Å². The van der Waals surface area contributed by atoms with E-state index in [0.29, 0.717) is 12.8 Å². The van der Waals surface area contributed by atoms with Gasteiger partial charge in [-0.15, -0.1) is 11.3 Å². The number of aryl methyl sites for hydroxylation is 1. The van der Waals surface area contributed by atoms with Crippen LogP contribution in [-0.4, -0.2) is 45.3 Å². The summed E-state index contributed by atoms with van der Waals surface area (Å²) in [6.45, 7) is 12.6. The fourth-order valence-electron chi connectivity index (χ4n) is 4.09. The van der Waals surface area contributed by atoms with Gasteiger partial charge < -0.3 is 14.9 Å². The van der Waals surface area contributed by atoms with Crippen molar-refractivity contribution < 1.29 is 24.5 Å². The van der Waals surface area contributed by atoms with Crippen LogP contribution in [0.15, 0.2) is 34.8 Å². The van der Waals surface area contributed by atoms with Crippen molar-refractivity contribution in [2.75, 3.05) is 0 Å². The molecule has 0 bridgehead atoms. The zero-order valence-corrected chi connectivity index (χ0v) is 22.2. The number of cyclic esters (lactones) is 1. The van der Waals surface area contributed by atoms with Crippen molar-refractivity contribution in [2.45, 2.75) is 86.0 Å². The molecule has 1 aromatic heterocycles. The molecular weight excluding hydrogens is 450 g/mol. The molecule has 0 spiro atoms. The van der Waals surface area contributed by atoms with Crippen LogP contribution in [0.1, 0.15) is 71.5 Å². The van der Waals surface area contributed by atoms with Gasteiger partial charge in [0.05, 0.1) is 34.7 Å². The van der Waals surface area contributed by atoms with Crippen LogP contribution < -0.4 is 0 Å². The quantitative estimate of drug-likeness (QED) is 0.565. The van der Waals surface area contributed by atoms with Gasteiger partial charge in [0.15, 0.2) is 0 Å². The lowest BCUT2D eigenvalue weighted by Gasteiger charge is -2.34. The number of thiazole rings is 1. The molecule has 0 radical (unpaired) electrons. The van der Waals surface area contributed by atoms with Gasteiger partial charge in [-0.3, -0.25) is 9.59 Å². The molecule has 7 heteroatoms. The number of hydrogen-bond donors (Lipinski definition) is 2. The summed E-state index contributed by atoms with van der Waals surface area (Å²) in [7, 11) is 0. The highest BCUT2D eigenvalue weighted by atomic mass is 32.1. The van der Waals surface area contributed by atoms with Gasteiger partial charge in [0.1, 0.15) is 11.9 Å².